The summed E-state index contributed by atoms with van der Waals surface area (Å²) in [6.45, 7) is 6.97. The Hall–Kier alpha value is -1.79. The SMILES string of the molecule is O=C(NC1CCCCC1)N1CCC2(CC1)CC(N1CCN(c3ccccc3)CC1)CCO2. The number of urea groups is 1. The van der Waals surface area contributed by atoms with Crippen molar-refractivity contribution in [3.63, 3.8) is 0 Å². The Bertz CT molecular complexity index is 735. The van der Waals surface area contributed by atoms with Crippen molar-refractivity contribution in [2.75, 3.05) is 50.8 Å². The number of nitrogens with one attached hydrogen (secondary N) is 1. The van der Waals surface area contributed by atoms with Gasteiger partial charge in [-0.25, -0.2) is 4.79 Å². The van der Waals surface area contributed by atoms with Gasteiger partial charge in [0, 0.05) is 63.6 Å². The maximum Gasteiger partial charge on any atom is 0.317 e. The molecule has 3 aliphatic heterocycles. The number of hydrogen-bond acceptors (Lipinski definition) is 4. The van der Waals surface area contributed by atoms with E-state index in [2.05, 4.69) is 45.4 Å². The molecule has 4 fully saturated rings. The number of piperazine rings is 1. The Kier molecular flexibility index (Phi) is 6.88. The van der Waals surface area contributed by atoms with Crippen LogP contribution in [0.4, 0.5) is 10.5 Å². The maximum absolute atomic E-state index is 12.8. The van der Waals surface area contributed by atoms with Gasteiger partial charge in [-0.3, -0.25) is 4.90 Å². The minimum absolute atomic E-state index is 0.0267. The van der Waals surface area contributed by atoms with E-state index in [-0.39, 0.29) is 11.6 Å². The lowest BCUT2D eigenvalue weighted by Gasteiger charge is -2.50. The first-order valence-electron chi connectivity index (χ1n) is 12.9. The molecule has 3 saturated heterocycles. The van der Waals surface area contributed by atoms with Crippen molar-refractivity contribution in [1.82, 2.24) is 15.1 Å². The highest BCUT2D eigenvalue weighted by molar-refractivity contribution is 5.74. The number of anilines is 1. The molecule has 1 aliphatic carbocycles. The fourth-order valence-corrected chi connectivity index (χ4v) is 6.28. The number of ether oxygens (including phenoxy) is 1. The number of rotatable bonds is 3. The van der Waals surface area contributed by atoms with Gasteiger partial charge in [0.15, 0.2) is 0 Å². The van der Waals surface area contributed by atoms with Gasteiger partial charge in [-0.15, -0.1) is 0 Å². The zero-order valence-electron chi connectivity index (χ0n) is 19.5. The molecule has 0 bridgehead atoms. The van der Waals surface area contributed by atoms with Gasteiger partial charge in [0.05, 0.1) is 5.60 Å². The van der Waals surface area contributed by atoms with Crippen LogP contribution < -0.4 is 10.2 Å². The molecule has 32 heavy (non-hydrogen) atoms. The summed E-state index contributed by atoms with van der Waals surface area (Å²) >= 11 is 0. The zero-order chi connectivity index (χ0) is 21.8. The largest absolute Gasteiger partial charge is 0.375 e. The molecule has 1 saturated carbocycles. The van der Waals surface area contributed by atoms with Gasteiger partial charge in [-0.2, -0.15) is 0 Å². The molecule has 6 nitrogen and oxygen atoms in total. The van der Waals surface area contributed by atoms with E-state index in [0.717, 1.165) is 84.4 Å². The van der Waals surface area contributed by atoms with Crippen LogP contribution in [0.5, 0.6) is 0 Å². The fraction of sp³-hybridized carbons (Fsp3) is 0.731. The molecule has 176 valence electrons. The highest BCUT2D eigenvalue weighted by atomic mass is 16.5. The number of piperidine rings is 1. The van der Waals surface area contributed by atoms with E-state index < -0.39 is 0 Å². The van der Waals surface area contributed by atoms with Crippen LogP contribution in [0.15, 0.2) is 30.3 Å². The van der Waals surface area contributed by atoms with Crippen LogP contribution in [0.3, 0.4) is 0 Å². The molecule has 5 rings (SSSR count). The molecule has 3 heterocycles. The summed E-state index contributed by atoms with van der Waals surface area (Å²) in [4.78, 5) is 20.0. The average molecular weight is 441 g/mol. The summed E-state index contributed by atoms with van der Waals surface area (Å²) < 4.78 is 6.40. The van der Waals surface area contributed by atoms with E-state index in [0.29, 0.717) is 12.1 Å². The van der Waals surface area contributed by atoms with Gasteiger partial charge in [-0.05, 0) is 50.7 Å². The van der Waals surface area contributed by atoms with Gasteiger partial charge in [-0.1, -0.05) is 37.5 Å². The Balaban J connectivity index is 1.10. The summed E-state index contributed by atoms with van der Waals surface area (Å²) in [5.74, 6) is 0. The summed E-state index contributed by atoms with van der Waals surface area (Å²) in [6.07, 6.45) is 10.3. The first-order valence-corrected chi connectivity index (χ1v) is 12.9. The number of carbonyl (C=O) groups is 1. The van der Waals surface area contributed by atoms with E-state index in [9.17, 15) is 4.79 Å². The fourth-order valence-electron chi connectivity index (χ4n) is 6.28. The smallest absolute Gasteiger partial charge is 0.317 e. The van der Waals surface area contributed by atoms with E-state index in [1.54, 1.807) is 0 Å². The third-order valence-electron chi connectivity index (χ3n) is 8.31. The second kappa shape index (κ2) is 10.0. The van der Waals surface area contributed by atoms with Crippen molar-refractivity contribution in [3.05, 3.63) is 30.3 Å². The summed E-state index contributed by atoms with van der Waals surface area (Å²) in [7, 11) is 0. The highest BCUT2D eigenvalue weighted by Gasteiger charge is 2.43. The van der Waals surface area contributed by atoms with E-state index in [1.165, 1.54) is 24.9 Å². The number of likely N-dealkylation sites (tertiary alicyclic amines) is 1. The predicted molar refractivity (Wildman–Crippen MR) is 128 cm³/mol. The monoisotopic (exact) mass is 440 g/mol. The third-order valence-corrected chi connectivity index (χ3v) is 8.31. The molecule has 1 atom stereocenters. The minimum atomic E-state index is -0.0267. The average Bonchev–Trinajstić information content (AvgIpc) is 2.86. The number of hydrogen-bond donors (Lipinski definition) is 1. The molecule has 0 radical (unpaired) electrons. The van der Waals surface area contributed by atoms with Gasteiger partial charge in [0.2, 0.25) is 0 Å². The standard InChI is InChI=1S/C26H40N4O2/c31-25(27-22-7-3-1-4-8-22)30-14-12-26(13-15-30)21-24(11-20-32-26)29-18-16-28(17-19-29)23-9-5-2-6-10-23/h2,5-6,9-10,22,24H,1,3-4,7-8,11-21H2,(H,27,31). The van der Waals surface area contributed by atoms with Crippen LogP contribution in [0.25, 0.3) is 0 Å². The van der Waals surface area contributed by atoms with Crippen molar-refractivity contribution in [3.8, 4) is 0 Å². The zero-order valence-corrected chi connectivity index (χ0v) is 19.5. The first kappa shape index (κ1) is 22.0. The van der Waals surface area contributed by atoms with E-state index in [1.807, 2.05) is 4.90 Å². The molecule has 6 heteroatoms. The van der Waals surface area contributed by atoms with Crippen LogP contribution in [0, 0.1) is 0 Å². The van der Waals surface area contributed by atoms with Gasteiger partial charge >= 0.3 is 6.03 Å². The van der Waals surface area contributed by atoms with Crippen LogP contribution in [-0.4, -0.2) is 79.4 Å². The molecule has 1 aromatic carbocycles. The molecule has 1 unspecified atom stereocenters. The van der Waals surface area contributed by atoms with Crippen molar-refractivity contribution in [2.24, 2.45) is 0 Å². The molecular weight excluding hydrogens is 400 g/mol. The second-order valence-corrected chi connectivity index (χ2v) is 10.3. The van der Waals surface area contributed by atoms with Crippen molar-refractivity contribution < 1.29 is 9.53 Å². The quantitative estimate of drug-likeness (QED) is 0.775. The lowest BCUT2D eigenvalue weighted by molar-refractivity contribution is -0.129. The summed E-state index contributed by atoms with van der Waals surface area (Å²) in [5.41, 5.74) is 1.32. The van der Waals surface area contributed by atoms with Crippen molar-refractivity contribution in [2.45, 2.75) is 75.5 Å². The van der Waals surface area contributed by atoms with Crippen LogP contribution in [-0.2, 0) is 4.74 Å². The molecule has 4 aliphatic rings. The summed E-state index contributed by atoms with van der Waals surface area (Å²) in [6, 6.07) is 11.9. The Labute approximate surface area is 193 Å². The van der Waals surface area contributed by atoms with E-state index >= 15 is 0 Å². The van der Waals surface area contributed by atoms with Crippen molar-refractivity contribution >= 4 is 11.7 Å². The lowest BCUT2D eigenvalue weighted by Crippen LogP contribution is -2.58. The molecular formula is C26H40N4O2. The van der Waals surface area contributed by atoms with Gasteiger partial charge < -0.3 is 19.9 Å². The lowest BCUT2D eigenvalue weighted by atomic mass is 9.81. The van der Waals surface area contributed by atoms with Crippen LogP contribution in [0.2, 0.25) is 0 Å². The number of nitrogens with zero attached hydrogens (tertiary/aromatic N) is 3. The van der Waals surface area contributed by atoms with Gasteiger partial charge in [0.1, 0.15) is 0 Å². The number of para-hydroxylation sites is 1. The van der Waals surface area contributed by atoms with E-state index in [4.69, 9.17) is 4.74 Å². The first-order chi connectivity index (χ1) is 15.7. The van der Waals surface area contributed by atoms with Crippen LogP contribution >= 0.6 is 0 Å². The predicted octanol–water partition coefficient (Wildman–Crippen LogP) is 3.86. The number of carbonyl (C=O) groups excluding carboxylic acids is 1. The molecule has 1 N–H and O–H groups in total. The number of amides is 2. The highest BCUT2D eigenvalue weighted by Crippen LogP contribution is 2.37. The Morgan fingerprint density at radius 3 is 2.34 bits per heavy atom. The van der Waals surface area contributed by atoms with Gasteiger partial charge in [0.25, 0.3) is 0 Å². The molecule has 1 aromatic rings. The Morgan fingerprint density at radius 2 is 1.62 bits per heavy atom. The Morgan fingerprint density at radius 1 is 0.906 bits per heavy atom. The third kappa shape index (κ3) is 5.07. The molecule has 0 aromatic heterocycles. The number of benzene rings is 1. The van der Waals surface area contributed by atoms with Crippen LogP contribution in [0.1, 0.15) is 57.8 Å². The normalized spacial score (nSPS) is 27.4. The summed E-state index contributed by atoms with van der Waals surface area (Å²) in [5, 5.41) is 3.29. The van der Waals surface area contributed by atoms with Crippen molar-refractivity contribution in [1.29, 1.82) is 0 Å². The maximum atomic E-state index is 12.8. The molecule has 1 spiro atoms. The molecule has 2 amide bonds. The minimum Gasteiger partial charge on any atom is -0.375 e. The second-order valence-electron chi connectivity index (χ2n) is 10.3. The topological polar surface area (TPSA) is 48.1 Å².